The molecule has 2 aliphatic heterocycles. The third-order valence-corrected chi connectivity index (χ3v) is 4.25. The van der Waals surface area contributed by atoms with E-state index in [2.05, 4.69) is 26.5 Å². The van der Waals surface area contributed by atoms with Crippen LogP contribution in [-0.4, -0.2) is 35.5 Å². The molecule has 4 nitrogen and oxygen atoms in total. The summed E-state index contributed by atoms with van der Waals surface area (Å²) in [5, 5.41) is 4.58. The summed E-state index contributed by atoms with van der Waals surface area (Å²) in [5.74, 6) is 2.66. The number of aromatic nitrogens is 2. The molecule has 3 heterocycles. The average molecular weight is 224 g/mol. The fourth-order valence-electron chi connectivity index (χ4n) is 2.53. The fraction of sp³-hybridized carbons (Fsp3) is 0.800. The van der Waals surface area contributed by atoms with Crippen LogP contribution in [0.25, 0.3) is 0 Å². The van der Waals surface area contributed by atoms with Gasteiger partial charge in [0.1, 0.15) is 5.82 Å². The van der Waals surface area contributed by atoms with Gasteiger partial charge in [0, 0.05) is 44.1 Å². The van der Waals surface area contributed by atoms with Gasteiger partial charge in [0.05, 0.1) is 0 Å². The lowest BCUT2D eigenvalue weighted by Gasteiger charge is -2.14. The lowest BCUT2D eigenvalue weighted by Crippen LogP contribution is -2.25. The number of hydrogen-bond acceptors (Lipinski definition) is 5. The number of rotatable bonds is 2. The van der Waals surface area contributed by atoms with E-state index in [0.717, 1.165) is 42.3 Å². The Morgan fingerprint density at radius 2 is 2.13 bits per heavy atom. The fourth-order valence-corrected chi connectivity index (χ4v) is 3.30. The number of anilines is 1. The number of hydrogen-bond donors (Lipinski definition) is 1. The van der Waals surface area contributed by atoms with E-state index in [0.29, 0.717) is 0 Å². The smallest absolute Gasteiger partial charge is 0.205 e. The molecular weight excluding hydrogens is 208 g/mol. The van der Waals surface area contributed by atoms with Crippen molar-refractivity contribution in [1.82, 2.24) is 14.7 Å². The molecule has 3 rings (SSSR count). The third-order valence-electron chi connectivity index (χ3n) is 3.43. The number of fused-ring (bicyclic) bond motifs is 1. The van der Waals surface area contributed by atoms with E-state index in [1.807, 2.05) is 0 Å². The van der Waals surface area contributed by atoms with Gasteiger partial charge in [0.25, 0.3) is 0 Å². The van der Waals surface area contributed by atoms with Gasteiger partial charge in [-0.1, -0.05) is 6.92 Å². The molecule has 2 atom stereocenters. The third kappa shape index (κ3) is 1.63. The van der Waals surface area contributed by atoms with Gasteiger partial charge in [0.15, 0.2) is 0 Å². The molecule has 0 bridgehead atoms. The molecular formula is C10H16N4S. The predicted octanol–water partition coefficient (Wildman–Crippen LogP) is 0.756. The van der Waals surface area contributed by atoms with Crippen LogP contribution in [-0.2, 0) is 6.42 Å². The summed E-state index contributed by atoms with van der Waals surface area (Å²) in [7, 11) is 0. The minimum absolute atomic E-state index is 0.832. The molecule has 2 aliphatic rings. The van der Waals surface area contributed by atoms with Gasteiger partial charge in [-0.3, -0.25) is 0 Å². The first kappa shape index (κ1) is 9.54. The SMILES string of the molecule is CCc1nsc(N2C[C@H]3CNC[C@H]3C2)n1. The van der Waals surface area contributed by atoms with Crippen LogP contribution >= 0.6 is 11.5 Å². The average Bonchev–Trinajstić information content (AvgIpc) is 2.91. The summed E-state index contributed by atoms with van der Waals surface area (Å²) in [6.07, 6.45) is 0.943. The van der Waals surface area contributed by atoms with Crippen LogP contribution in [0.4, 0.5) is 5.13 Å². The van der Waals surface area contributed by atoms with Crippen LogP contribution < -0.4 is 10.2 Å². The summed E-state index contributed by atoms with van der Waals surface area (Å²) >= 11 is 1.55. The summed E-state index contributed by atoms with van der Waals surface area (Å²) in [6, 6.07) is 0. The maximum Gasteiger partial charge on any atom is 0.205 e. The van der Waals surface area contributed by atoms with E-state index >= 15 is 0 Å². The maximum absolute atomic E-state index is 4.55. The molecule has 0 radical (unpaired) electrons. The second-order valence-electron chi connectivity index (χ2n) is 4.43. The van der Waals surface area contributed by atoms with Gasteiger partial charge in [-0.05, 0) is 11.8 Å². The first-order valence-corrected chi connectivity index (χ1v) is 6.42. The highest BCUT2D eigenvalue weighted by molar-refractivity contribution is 7.09. The Hall–Kier alpha value is -0.680. The summed E-state index contributed by atoms with van der Waals surface area (Å²) in [4.78, 5) is 6.96. The van der Waals surface area contributed by atoms with Crippen LogP contribution in [0.5, 0.6) is 0 Å². The topological polar surface area (TPSA) is 41.1 Å². The predicted molar refractivity (Wildman–Crippen MR) is 61.3 cm³/mol. The first-order valence-electron chi connectivity index (χ1n) is 5.65. The largest absolute Gasteiger partial charge is 0.346 e. The molecule has 82 valence electrons. The van der Waals surface area contributed by atoms with Crippen molar-refractivity contribution in [3.63, 3.8) is 0 Å². The highest BCUT2D eigenvalue weighted by Crippen LogP contribution is 2.31. The molecule has 1 N–H and O–H groups in total. The van der Waals surface area contributed by atoms with Crippen molar-refractivity contribution in [3.05, 3.63) is 5.82 Å². The van der Waals surface area contributed by atoms with Gasteiger partial charge in [-0.15, -0.1) is 0 Å². The van der Waals surface area contributed by atoms with Crippen LogP contribution in [0.1, 0.15) is 12.7 Å². The molecule has 1 aromatic rings. The van der Waals surface area contributed by atoms with Crippen molar-refractivity contribution in [3.8, 4) is 0 Å². The minimum atomic E-state index is 0.832. The minimum Gasteiger partial charge on any atom is -0.346 e. The molecule has 0 aromatic carbocycles. The lowest BCUT2D eigenvalue weighted by molar-refractivity contribution is 0.533. The van der Waals surface area contributed by atoms with E-state index in [-0.39, 0.29) is 0 Å². The zero-order valence-corrected chi connectivity index (χ0v) is 9.76. The van der Waals surface area contributed by atoms with Crippen molar-refractivity contribution in [2.75, 3.05) is 31.1 Å². The Morgan fingerprint density at radius 3 is 2.73 bits per heavy atom. The number of nitrogens with zero attached hydrogens (tertiary/aromatic N) is 3. The van der Waals surface area contributed by atoms with Gasteiger partial charge < -0.3 is 10.2 Å². The number of aryl methyl sites for hydroxylation is 1. The number of nitrogens with one attached hydrogen (secondary N) is 1. The highest BCUT2D eigenvalue weighted by atomic mass is 32.1. The van der Waals surface area contributed by atoms with Gasteiger partial charge in [-0.2, -0.15) is 4.37 Å². The molecule has 0 aliphatic carbocycles. The van der Waals surface area contributed by atoms with Gasteiger partial charge in [-0.25, -0.2) is 4.98 Å². The summed E-state index contributed by atoms with van der Waals surface area (Å²) in [5.41, 5.74) is 0. The first-order chi connectivity index (χ1) is 7.36. The summed E-state index contributed by atoms with van der Waals surface area (Å²) < 4.78 is 4.35. The van der Waals surface area contributed by atoms with Crippen molar-refractivity contribution >= 4 is 16.7 Å². The summed E-state index contributed by atoms with van der Waals surface area (Å²) in [6.45, 7) is 6.79. The Kier molecular flexibility index (Phi) is 2.36. The van der Waals surface area contributed by atoms with Crippen molar-refractivity contribution in [2.24, 2.45) is 11.8 Å². The highest BCUT2D eigenvalue weighted by Gasteiger charge is 2.37. The van der Waals surface area contributed by atoms with Gasteiger partial charge in [0.2, 0.25) is 5.13 Å². The Balaban J connectivity index is 1.73. The lowest BCUT2D eigenvalue weighted by atomic mass is 10.0. The van der Waals surface area contributed by atoms with Crippen molar-refractivity contribution in [1.29, 1.82) is 0 Å². The van der Waals surface area contributed by atoms with E-state index in [1.54, 1.807) is 11.5 Å². The molecule has 2 fully saturated rings. The second-order valence-corrected chi connectivity index (χ2v) is 5.16. The Bertz CT molecular complexity index is 339. The molecule has 5 heteroatoms. The zero-order valence-electron chi connectivity index (χ0n) is 8.94. The van der Waals surface area contributed by atoms with Crippen LogP contribution in [0.3, 0.4) is 0 Å². The monoisotopic (exact) mass is 224 g/mol. The van der Waals surface area contributed by atoms with Crippen LogP contribution in [0.2, 0.25) is 0 Å². The maximum atomic E-state index is 4.55. The quantitative estimate of drug-likeness (QED) is 0.805. The van der Waals surface area contributed by atoms with E-state index in [4.69, 9.17) is 0 Å². The Morgan fingerprint density at radius 1 is 1.40 bits per heavy atom. The van der Waals surface area contributed by atoms with E-state index in [9.17, 15) is 0 Å². The van der Waals surface area contributed by atoms with Crippen LogP contribution in [0.15, 0.2) is 0 Å². The Labute approximate surface area is 93.9 Å². The molecule has 15 heavy (non-hydrogen) atoms. The van der Waals surface area contributed by atoms with Gasteiger partial charge >= 0.3 is 0 Å². The van der Waals surface area contributed by atoms with Crippen LogP contribution in [0, 0.1) is 11.8 Å². The van der Waals surface area contributed by atoms with Crippen molar-refractivity contribution < 1.29 is 0 Å². The second kappa shape index (κ2) is 3.72. The zero-order chi connectivity index (χ0) is 10.3. The molecule has 0 saturated carbocycles. The molecule has 0 amide bonds. The normalized spacial score (nSPS) is 29.8. The van der Waals surface area contributed by atoms with E-state index in [1.165, 1.54) is 13.1 Å². The standard InChI is InChI=1S/C10H16N4S/c1-2-9-12-10(15-13-9)14-5-7-3-11-4-8(7)6-14/h7-8,11H,2-6H2,1H3/t7-,8+. The molecule has 2 saturated heterocycles. The molecule has 0 unspecified atom stereocenters. The molecule has 1 aromatic heterocycles. The van der Waals surface area contributed by atoms with E-state index < -0.39 is 0 Å². The molecule has 0 spiro atoms. The van der Waals surface area contributed by atoms with Crippen molar-refractivity contribution in [2.45, 2.75) is 13.3 Å².